The number of nitrogens with one attached hydrogen (secondary N) is 2. The molecular weight excluding hydrogens is 316 g/mol. The van der Waals surface area contributed by atoms with Crippen molar-refractivity contribution in [1.29, 1.82) is 0 Å². The van der Waals surface area contributed by atoms with Crippen LogP contribution < -0.4 is 10.6 Å². The second-order valence-corrected chi connectivity index (χ2v) is 6.39. The van der Waals surface area contributed by atoms with Gasteiger partial charge in [-0.15, -0.1) is 12.4 Å². The van der Waals surface area contributed by atoms with E-state index in [0.29, 0.717) is 18.9 Å². The summed E-state index contributed by atoms with van der Waals surface area (Å²) in [6, 6.07) is 2.15. The highest BCUT2D eigenvalue weighted by molar-refractivity contribution is 5.90. The Kier molecular flexibility index (Phi) is 6.87. The third-order valence-electron chi connectivity index (χ3n) is 4.62. The Morgan fingerprint density at radius 2 is 2.22 bits per heavy atom. The molecule has 1 aliphatic carbocycles. The van der Waals surface area contributed by atoms with Crippen LogP contribution >= 0.6 is 12.4 Å². The molecule has 1 saturated carbocycles. The fourth-order valence-electron chi connectivity index (χ4n) is 3.37. The molecule has 1 aromatic rings. The van der Waals surface area contributed by atoms with Crippen molar-refractivity contribution < 1.29 is 9.53 Å². The van der Waals surface area contributed by atoms with Crippen molar-refractivity contribution in [2.75, 3.05) is 25.1 Å². The van der Waals surface area contributed by atoms with E-state index in [0.717, 1.165) is 24.7 Å². The Balaban J connectivity index is 0.00000192. The van der Waals surface area contributed by atoms with Crippen molar-refractivity contribution in [3.8, 4) is 0 Å². The van der Waals surface area contributed by atoms with Crippen LogP contribution in [0.2, 0.25) is 0 Å². The highest BCUT2D eigenvalue weighted by Crippen LogP contribution is 2.32. The maximum atomic E-state index is 12.2. The van der Waals surface area contributed by atoms with E-state index in [1.54, 1.807) is 4.68 Å². The molecule has 1 amide bonds. The summed E-state index contributed by atoms with van der Waals surface area (Å²) in [5.41, 5.74) is 1.12. The summed E-state index contributed by atoms with van der Waals surface area (Å²) < 4.78 is 7.16. The van der Waals surface area contributed by atoms with Gasteiger partial charge in [0.05, 0.1) is 18.9 Å². The minimum atomic E-state index is 0. The third kappa shape index (κ3) is 4.93. The monoisotopic (exact) mass is 342 g/mol. The summed E-state index contributed by atoms with van der Waals surface area (Å²) in [6.45, 7) is 2.15. The van der Waals surface area contributed by atoms with E-state index in [1.165, 1.54) is 32.1 Å². The van der Waals surface area contributed by atoms with Crippen LogP contribution in [0.3, 0.4) is 0 Å². The van der Waals surface area contributed by atoms with Gasteiger partial charge < -0.3 is 15.4 Å². The Bertz CT molecular complexity index is 508. The largest absolute Gasteiger partial charge is 0.378 e. The van der Waals surface area contributed by atoms with Gasteiger partial charge in [0, 0.05) is 38.0 Å². The second-order valence-electron chi connectivity index (χ2n) is 6.39. The zero-order chi connectivity index (χ0) is 15.4. The first-order valence-electron chi connectivity index (χ1n) is 8.37. The normalized spacial score (nSPS) is 22.4. The van der Waals surface area contributed by atoms with Crippen molar-refractivity contribution in [3.05, 3.63) is 11.8 Å². The maximum absolute atomic E-state index is 12.2. The number of aryl methyl sites for hydroxylation is 1. The van der Waals surface area contributed by atoms with Gasteiger partial charge in [0.2, 0.25) is 5.91 Å². The molecule has 6 nitrogen and oxygen atoms in total. The zero-order valence-electron chi connectivity index (χ0n) is 13.7. The molecule has 0 bridgehead atoms. The summed E-state index contributed by atoms with van der Waals surface area (Å²) in [4.78, 5) is 12.2. The molecule has 2 N–H and O–H groups in total. The van der Waals surface area contributed by atoms with Crippen LogP contribution in [0, 0.1) is 0 Å². The molecule has 130 valence electrons. The van der Waals surface area contributed by atoms with Crippen molar-refractivity contribution in [3.63, 3.8) is 0 Å². The molecule has 7 heteroatoms. The van der Waals surface area contributed by atoms with Gasteiger partial charge in [0.25, 0.3) is 0 Å². The van der Waals surface area contributed by atoms with Crippen molar-refractivity contribution >= 4 is 24.1 Å². The summed E-state index contributed by atoms with van der Waals surface area (Å²) in [5.74, 6) is 1.36. The second kappa shape index (κ2) is 8.66. The van der Waals surface area contributed by atoms with E-state index in [-0.39, 0.29) is 24.4 Å². The third-order valence-corrected chi connectivity index (χ3v) is 4.62. The van der Waals surface area contributed by atoms with Crippen LogP contribution in [0.1, 0.15) is 50.1 Å². The zero-order valence-corrected chi connectivity index (χ0v) is 14.5. The molecule has 3 rings (SSSR count). The number of amides is 1. The fraction of sp³-hybridized carbons (Fsp3) is 0.750. The Labute approximate surface area is 143 Å². The molecule has 0 aromatic carbocycles. The first-order chi connectivity index (χ1) is 10.7. The molecule has 1 aliphatic heterocycles. The molecule has 23 heavy (non-hydrogen) atoms. The smallest absolute Gasteiger partial charge is 0.227 e. The average Bonchev–Trinajstić information content (AvgIpc) is 2.90. The minimum absolute atomic E-state index is 0. The van der Waals surface area contributed by atoms with Crippen molar-refractivity contribution in [2.24, 2.45) is 7.05 Å². The summed E-state index contributed by atoms with van der Waals surface area (Å²) in [7, 11) is 1.89. The van der Waals surface area contributed by atoms with Gasteiger partial charge in [-0.25, -0.2) is 0 Å². The van der Waals surface area contributed by atoms with Crippen LogP contribution in [-0.4, -0.2) is 41.5 Å². The number of hydrogen-bond donors (Lipinski definition) is 2. The average molecular weight is 343 g/mol. The SMILES string of the molecule is Cl.Cn1nc(C2CCCCC2)cc1NC(=O)CC1COCCN1. The van der Waals surface area contributed by atoms with Gasteiger partial charge in [-0.1, -0.05) is 19.3 Å². The molecule has 2 fully saturated rings. The van der Waals surface area contributed by atoms with Crippen LogP contribution in [0.4, 0.5) is 5.82 Å². The van der Waals surface area contributed by atoms with Crippen molar-refractivity contribution in [1.82, 2.24) is 15.1 Å². The maximum Gasteiger partial charge on any atom is 0.227 e. The van der Waals surface area contributed by atoms with Crippen LogP contribution in [0.25, 0.3) is 0 Å². The van der Waals surface area contributed by atoms with Gasteiger partial charge in [0.1, 0.15) is 5.82 Å². The van der Waals surface area contributed by atoms with E-state index in [1.807, 2.05) is 13.1 Å². The lowest BCUT2D eigenvalue weighted by molar-refractivity contribution is -0.117. The quantitative estimate of drug-likeness (QED) is 0.880. The molecule has 1 aromatic heterocycles. The molecular formula is C16H27ClN4O2. The number of carbonyl (C=O) groups is 1. The molecule has 1 atom stereocenters. The molecule has 1 unspecified atom stereocenters. The predicted molar refractivity (Wildman–Crippen MR) is 92.1 cm³/mol. The highest BCUT2D eigenvalue weighted by atomic mass is 35.5. The van der Waals surface area contributed by atoms with Crippen LogP contribution in [0.15, 0.2) is 6.07 Å². The molecule has 0 spiro atoms. The van der Waals surface area contributed by atoms with Gasteiger partial charge in [-0.3, -0.25) is 9.48 Å². The van der Waals surface area contributed by atoms with Crippen molar-refractivity contribution in [2.45, 2.75) is 50.5 Å². The van der Waals surface area contributed by atoms with Gasteiger partial charge in [-0.05, 0) is 12.8 Å². The predicted octanol–water partition coefficient (Wildman–Crippen LogP) is 2.21. The fourth-order valence-corrected chi connectivity index (χ4v) is 3.37. The number of aromatic nitrogens is 2. The first kappa shape index (κ1) is 18.2. The van der Waals surface area contributed by atoms with E-state index >= 15 is 0 Å². The van der Waals surface area contributed by atoms with Gasteiger partial charge in [0.15, 0.2) is 0 Å². The number of anilines is 1. The molecule has 1 saturated heterocycles. The standard InChI is InChI=1S/C16H26N4O2.ClH/c1-20-15(10-14(19-20)12-5-3-2-4-6-12)18-16(21)9-13-11-22-8-7-17-13;/h10,12-13,17H,2-9,11H2,1H3,(H,18,21);1H. The lowest BCUT2D eigenvalue weighted by atomic mass is 9.87. The number of halogens is 1. The Hall–Kier alpha value is -1.11. The van der Waals surface area contributed by atoms with Crippen LogP contribution in [0.5, 0.6) is 0 Å². The van der Waals surface area contributed by atoms with E-state index in [2.05, 4.69) is 15.7 Å². The van der Waals surface area contributed by atoms with E-state index in [9.17, 15) is 4.79 Å². The Morgan fingerprint density at radius 1 is 1.43 bits per heavy atom. The molecule has 2 heterocycles. The number of hydrogen-bond acceptors (Lipinski definition) is 4. The number of carbonyl (C=O) groups excluding carboxylic acids is 1. The highest BCUT2D eigenvalue weighted by Gasteiger charge is 2.21. The lowest BCUT2D eigenvalue weighted by Crippen LogP contribution is -2.43. The summed E-state index contributed by atoms with van der Waals surface area (Å²) in [5, 5.41) is 10.9. The summed E-state index contributed by atoms with van der Waals surface area (Å²) in [6.07, 6.45) is 6.78. The van der Waals surface area contributed by atoms with Gasteiger partial charge >= 0.3 is 0 Å². The number of morpholine rings is 1. The molecule has 2 aliphatic rings. The number of rotatable bonds is 4. The number of ether oxygens (including phenoxy) is 1. The minimum Gasteiger partial charge on any atom is -0.378 e. The summed E-state index contributed by atoms with van der Waals surface area (Å²) >= 11 is 0. The van der Waals surface area contributed by atoms with E-state index in [4.69, 9.17) is 4.74 Å². The van der Waals surface area contributed by atoms with Crippen LogP contribution in [-0.2, 0) is 16.6 Å². The van der Waals surface area contributed by atoms with E-state index < -0.39 is 0 Å². The topological polar surface area (TPSA) is 68.2 Å². The van der Waals surface area contributed by atoms with Gasteiger partial charge in [-0.2, -0.15) is 5.10 Å². The first-order valence-corrected chi connectivity index (χ1v) is 8.37. The number of nitrogens with zero attached hydrogens (tertiary/aromatic N) is 2. The Morgan fingerprint density at radius 3 is 2.91 bits per heavy atom. The molecule has 0 radical (unpaired) electrons. The lowest BCUT2D eigenvalue weighted by Gasteiger charge is -2.23.